The van der Waals surface area contributed by atoms with Gasteiger partial charge in [-0.3, -0.25) is 0 Å². The summed E-state index contributed by atoms with van der Waals surface area (Å²) in [5.74, 6) is 0.226. The van der Waals surface area contributed by atoms with Crippen molar-refractivity contribution in [1.29, 1.82) is 0 Å². The number of anilines is 1. The molecule has 0 heterocycles. The molecule has 18 heavy (non-hydrogen) atoms. The molecule has 6 heteroatoms. The molecule has 0 saturated carbocycles. The molecule has 4 nitrogen and oxygen atoms in total. The van der Waals surface area contributed by atoms with E-state index in [1.165, 1.54) is 0 Å². The Labute approximate surface area is 117 Å². The van der Waals surface area contributed by atoms with Crippen molar-refractivity contribution in [3.8, 4) is 0 Å². The Hall–Kier alpha value is -0.590. The van der Waals surface area contributed by atoms with Crippen LogP contribution in [-0.2, 0) is 10.0 Å². The maximum Gasteiger partial charge on any atom is 0.241 e. The Bertz CT molecular complexity index is 541. The van der Waals surface area contributed by atoms with E-state index in [0.29, 0.717) is 15.7 Å². The second kappa shape index (κ2) is 5.59. The molecule has 0 bridgehead atoms. The maximum absolute atomic E-state index is 12.3. The molecule has 0 aliphatic rings. The topological polar surface area (TPSA) is 72.2 Å². The average Bonchev–Trinajstić information content (AvgIpc) is 2.22. The minimum Gasteiger partial charge on any atom is -0.398 e. The summed E-state index contributed by atoms with van der Waals surface area (Å²) in [5.41, 5.74) is 6.82. The highest BCUT2D eigenvalue weighted by Gasteiger charge is 2.22. The van der Waals surface area contributed by atoms with Gasteiger partial charge in [-0.05, 0) is 37.5 Å². The molecule has 1 unspecified atom stereocenters. The van der Waals surface area contributed by atoms with Crippen molar-refractivity contribution >= 4 is 31.6 Å². The van der Waals surface area contributed by atoms with Crippen LogP contribution in [0.5, 0.6) is 0 Å². The summed E-state index contributed by atoms with van der Waals surface area (Å²) >= 11 is 3.26. The van der Waals surface area contributed by atoms with Crippen LogP contribution in [0.3, 0.4) is 0 Å². The minimum atomic E-state index is -3.54. The molecule has 0 fully saturated rings. The highest BCUT2D eigenvalue weighted by atomic mass is 79.9. The highest BCUT2D eigenvalue weighted by molar-refractivity contribution is 9.10. The molecule has 3 N–H and O–H groups in total. The van der Waals surface area contributed by atoms with Crippen molar-refractivity contribution in [3.63, 3.8) is 0 Å². The number of nitrogens with one attached hydrogen (secondary N) is 1. The predicted molar refractivity (Wildman–Crippen MR) is 77.9 cm³/mol. The molecule has 102 valence electrons. The van der Waals surface area contributed by atoms with Gasteiger partial charge in [0.2, 0.25) is 10.0 Å². The Morgan fingerprint density at radius 2 is 1.83 bits per heavy atom. The lowest BCUT2D eigenvalue weighted by atomic mass is 10.1. The molecule has 1 aromatic carbocycles. The van der Waals surface area contributed by atoms with E-state index in [4.69, 9.17) is 5.73 Å². The minimum absolute atomic E-state index is 0.130. The van der Waals surface area contributed by atoms with E-state index in [0.717, 1.165) is 0 Å². The molecule has 1 rings (SSSR count). The number of hydrogen-bond donors (Lipinski definition) is 2. The maximum atomic E-state index is 12.3. The molecular weight excluding hydrogens is 316 g/mol. The zero-order chi connectivity index (χ0) is 14.1. The molecule has 0 saturated heterocycles. The molecule has 1 atom stereocenters. The van der Waals surface area contributed by atoms with Gasteiger partial charge >= 0.3 is 0 Å². The van der Waals surface area contributed by atoms with Gasteiger partial charge in [0.25, 0.3) is 0 Å². The number of nitrogen functional groups attached to an aromatic ring is 1. The second-order valence-corrected chi connectivity index (χ2v) is 7.37. The van der Waals surface area contributed by atoms with Gasteiger partial charge in [-0.25, -0.2) is 13.1 Å². The van der Waals surface area contributed by atoms with Crippen molar-refractivity contribution < 1.29 is 8.42 Å². The number of rotatable bonds is 4. The van der Waals surface area contributed by atoms with E-state index in [1.807, 2.05) is 20.8 Å². The fourth-order valence-corrected chi connectivity index (χ4v) is 3.72. The lowest BCUT2D eigenvalue weighted by Crippen LogP contribution is -2.36. The standard InChI is InChI=1S/C12H19BrN2O2S/c1-7(2)9(4)15-18(16,17)12-6-10(13)5-11(14)8(12)3/h5-7,9,15H,14H2,1-4H3. The monoisotopic (exact) mass is 334 g/mol. The van der Waals surface area contributed by atoms with E-state index in [9.17, 15) is 8.42 Å². The third-order valence-corrected chi connectivity index (χ3v) is 5.14. The Kier molecular flexibility index (Phi) is 4.80. The van der Waals surface area contributed by atoms with Gasteiger partial charge in [0.1, 0.15) is 0 Å². The highest BCUT2D eigenvalue weighted by Crippen LogP contribution is 2.26. The summed E-state index contributed by atoms with van der Waals surface area (Å²) in [7, 11) is -3.54. The molecule has 1 aromatic rings. The quantitative estimate of drug-likeness (QED) is 0.831. The van der Waals surface area contributed by atoms with Crippen LogP contribution in [0, 0.1) is 12.8 Å². The first-order chi connectivity index (χ1) is 8.15. The van der Waals surface area contributed by atoms with Crippen LogP contribution in [0.4, 0.5) is 5.69 Å². The first-order valence-corrected chi connectivity index (χ1v) is 8.00. The first-order valence-electron chi connectivity index (χ1n) is 5.73. The third kappa shape index (κ3) is 3.46. The van der Waals surface area contributed by atoms with E-state index in [2.05, 4.69) is 20.7 Å². The third-order valence-electron chi connectivity index (χ3n) is 3.00. The van der Waals surface area contributed by atoms with Crippen LogP contribution >= 0.6 is 15.9 Å². The number of benzene rings is 1. The fourth-order valence-electron chi connectivity index (χ4n) is 1.40. The van der Waals surface area contributed by atoms with Gasteiger partial charge in [0.15, 0.2) is 0 Å². The molecular formula is C12H19BrN2O2S. The fraction of sp³-hybridized carbons (Fsp3) is 0.500. The van der Waals surface area contributed by atoms with Crippen LogP contribution in [0.15, 0.2) is 21.5 Å². The first kappa shape index (κ1) is 15.5. The summed E-state index contributed by atoms with van der Waals surface area (Å²) in [6.45, 7) is 7.49. The van der Waals surface area contributed by atoms with E-state index in [-0.39, 0.29) is 16.9 Å². The van der Waals surface area contributed by atoms with Crippen molar-refractivity contribution in [2.45, 2.75) is 38.6 Å². The largest absolute Gasteiger partial charge is 0.398 e. The molecule has 0 aromatic heterocycles. The van der Waals surface area contributed by atoms with Gasteiger partial charge in [-0.15, -0.1) is 0 Å². The summed E-state index contributed by atoms with van der Waals surface area (Å²) in [6, 6.07) is 3.14. The van der Waals surface area contributed by atoms with Crippen LogP contribution in [0.2, 0.25) is 0 Å². The molecule has 0 aliphatic carbocycles. The summed E-state index contributed by atoms with van der Waals surface area (Å²) in [6.07, 6.45) is 0. The number of nitrogens with two attached hydrogens (primary N) is 1. The number of halogens is 1. The lowest BCUT2D eigenvalue weighted by molar-refractivity contribution is 0.476. The Balaban J connectivity index is 3.21. The average molecular weight is 335 g/mol. The summed E-state index contributed by atoms with van der Waals surface area (Å²) in [4.78, 5) is 0.224. The van der Waals surface area contributed by atoms with Crippen LogP contribution in [0.1, 0.15) is 26.3 Å². The second-order valence-electron chi connectivity index (χ2n) is 4.77. The van der Waals surface area contributed by atoms with Crippen molar-refractivity contribution in [1.82, 2.24) is 4.72 Å². The van der Waals surface area contributed by atoms with Crippen molar-refractivity contribution in [2.24, 2.45) is 5.92 Å². The molecule has 0 spiro atoms. The number of hydrogen-bond acceptors (Lipinski definition) is 3. The SMILES string of the molecule is Cc1c(N)cc(Br)cc1S(=O)(=O)NC(C)C(C)C. The van der Waals surface area contributed by atoms with Gasteiger partial charge in [-0.1, -0.05) is 29.8 Å². The van der Waals surface area contributed by atoms with Gasteiger partial charge in [-0.2, -0.15) is 0 Å². The molecule has 0 amide bonds. The van der Waals surface area contributed by atoms with Crippen LogP contribution < -0.4 is 10.5 Å². The van der Waals surface area contributed by atoms with Crippen LogP contribution in [-0.4, -0.2) is 14.5 Å². The summed E-state index contributed by atoms with van der Waals surface area (Å²) < 4.78 is 27.9. The van der Waals surface area contributed by atoms with Gasteiger partial charge in [0.05, 0.1) is 4.90 Å². The zero-order valence-electron chi connectivity index (χ0n) is 11.0. The van der Waals surface area contributed by atoms with E-state index < -0.39 is 10.0 Å². The smallest absolute Gasteiger partial charge is 0.241 e. The lowest BCUT2D eigenvalue weighted by Gasteiger charge is -2.19. The molecule has 0 radical (unpaired) electrons. The Morgan fingerprint density at radius 3 is 2.33 bits per heavy atom. The predicted octanol–water partition coefficient (Wildman–Crippen LogP) is 2.66. The van der Waals surface area contributed by atoms with Crippen molar-refractivity contribution in [3.05, 3.63) is 22.2 Å². The normalized spacial score (nSPS) is 13.9. The molecule has 0 aliphatic heterocycles. The van der Waals surface area contributed by atoms with Crippen LogP contribution in [0.25, 0.3) is 0 Å². The Morgan fingerprint density at radius 1 is 1.28 bits per heavy atom. The van der Waals surface area contributed by atoms with Gasteiger partial charge in [0, 0.05) is 16.2 Å². The van der Waals surface area contributed by atoms with E-state index in [1.54, 1.807) is 19.1 Å². The van der Waals surface area contributed by atoms with Crippen molar-refractivity contribution in [2.75, 3.05) is 5.73 Å². The number of sulfonamides is 1. The summed E-state index contributed by atoms with van der Waals surface area (Å²) in [5, 5.41) is 0. The van der Waals surface area contributed by atoms with Gasteiger partial charge < -0.3 is 5.73 Å². The van der Waals surface area contributed by atoms with E-state index >= 15 is 0 Å². The zero-order valence-corrected chi connectivity index (χ0v) is 13.4.